The Labute approximate surface area is 333 Å². The van der Waals surface area contributed by atoms with Gasteiger partial charge in [0.1, 0.15) is 32.1 Å². The molecule has 6 aromatic heterocycles. The van der Waals surface area contributed by atoms with Crippen molar-refractivity contribution in [1.29, 1.82) is 0 Å². The van der Waals surface area contributed by atoms with Gasteiger partial charge in [0, 0.05) is 33.2 Å². The van der Waals surface area contributed by atoms with E-state index in [-0.39, 0.29) is 67.3 Å². The Bertz CT molecular complexity index is 2690. The van der Waals surface area contributed by atoms with Crippen LogP contribution in [0.25, 0.3) is 42.2 Å². The number of halogens is 2. The molecule has 0 amide bonds. The summed E-state index contributed by atoms with van der Waals surface area (Å²) in [5.41, 5.74) is 4.22. The van der Waals surface area contributed by atoms with E-state index >= 15 is 0 Å². The Morgan fingerprint density at radius 3 is 1.55 bits per heavy atom. The van der Waals surface area contributed by atoms with E-state index in [1.807, 2.05) is 13.8 Å². The summed E-state index contributed by atoms with van der Waals surface area (Å²) in [6.45, 7) is 7.12. The third-order valence-electron chi connectivity index (χ3n) is 8.04. The van der Waals surface area contributed by atoms with Gasteiger partial charge < -0.3 is 34.8 Å². The average molecular weight is 785 g/mol. The van der Waals surface area contributed by atoms with Gasteiger partial charge >= 0.3 is 30.8 Å². The number of carboxylic acid groups (broad SMARTS) is 1. The quantitative estimate of drug-likeness (QED) is 0.116. The van der Waals surface area contributed by atoms with E-state index < -0.39 is 23.6 Å². The van der Waals surface area contributed by atoms with Crippen molar-refractivity contribution in [2.45, 2.75) is 42.5 Å². The molecule has 0 radical (unpaired) electrons. The van der Waals surface area contributed by atoms with Gasteiger partial charge in [-0.05, 0) is 75.2 Å². The number of nitrogens with one attached hydrogen (secondary N) is 2. The number of fused-ring (bicyclic) bond motifs is 4. The van der Waals surface area contributed by atoms with Gasteiger partial charge in [0.05, 0.1) is 17.9 Å². The molecule has 13 nitrogen and oxygen atoms in total. The first-order valence-electron chi connectivity index (χ1n) is 15.2. The van der Waals surface area contributed by atoms with Crippen molar-refractivity contribution in [1.82, 2.24) is 29.9 Å². The molecular formula is C37H35F2LiN6O7S2. The second-order valence-electron chi connectivity index (χ2n) is 11.4. The van der Waals surface area contributed by atoms with E-state index in [1.165, 1.54) is 37.2 Å². The summed E-state index contributed by atoms with van der Waals surface area (Å²) in [7, 11) is 1.32. The number of aromatic nitrogens is 6. The summed E-state index contributed by atoms with van der Waals surface area (Å²) in [5, 5.41) is 11.2. The van der Waals surface area contributed by atoms with Gasteiger partial charge in [-0.3, -0.25) is 0 Å². The van der Waals surface area contributed by atoms with Crippen LogP contribution in [0.1, 0.15) is 56.7 Å². The summed E-state index contributed by atoms with van der Waals surface area (Å²) >= 11 is 2.22. The average Bonchev–Trinajstić information content (AvgIpc) is 3.87. The van der Waals surface area contributed by atoms with Gasteiger partial charge in [-0.15, -0.1) is 22.7 Å². The number of carbonyl (C=O) groups excluding carboxylic acids is 1. The third-order valence-corrected chi connectivity index (χ3v) is 10.4. The zero-order valence-electron chi connectivity index (χ0n) is 28.9. The van der Waals surface area contributed by atoms with Gasteiger partial charge in [-0.1, -0.05) is 14.9 Å². The normalized spacial score (nSPS) is 10.5. The number of ether oxygens (including phenoxy) is 3. The molecule has 0 atom stereocenters. The van der Waals surface area contributed by atoms with Crippen LogP contribution in [0, 0.1) is 39.3 Å². The van der Waals surface area contributed by atoms with Crippen LogP contribution in [-0.2, 0) is 4.74 Å². The standard InChI is InChI=1S/C18H14FN3O3S.C17H12FN3O3S.2CH4.Li.H2O/c1-8-6-10-11(22-8)4-5-12(14(10)19)25-16-13-9(2)15(18(23)24-3)26-17(13)21-7-20-16;1-7-5-9-10(21-7)3-4-11(13(9)18)24-15-12-8(2)14(17(22)23)25-16(12)20-6-19-15;;;;/h4-7,22H,1-3H3;3-6,21H,1-2H3,(H,22,23);2*1H4;;1H2/q;;;;+1;/p-1. The van der Waals surface area contributed by atoms with Crippen LogP contribution < -0.4 is 28.3 Å². The van der Waals surface area contributed by atoms with E-state index in [4.69, 9.17) is 14.2 Å². The van der Waals surface area contributed by atoms with Crippen molar-refractivity contribution in [3.63, 3.8) is 0 Å². The van der Waals surface area contributed by atoms with Crippen LogP contribution in [0.15, 0.2) is 49.1 Å². The number of nitrogens with zero attached hydrogens (tertiary/aromatic N) is 4. The largest absolute Gasteiger partial charge is 1.00 e. The van der Waals surface area contributed by atoms with Crippen LogP contribution in [0.2, 0.25) is 0 Å². The maximum atomic E-state index is 14.8. The van der Waals surface area contributed by atoms with E-state index in [1.54, 1.807) is 44.2 Å². The summed E-state index contributed by atoms with van der Waals surface area (Å²) in [4.78, 5) is 47.5. The number of thiophene rings is 2. The molecule has 2 aromatic carbocycles. The monoisotopic (exact) mass is 784 g/mol. The Hall–Kier alpha value is -5.44. The molecule has 0 fully saturated rings. The van der Waals surface area contributed by atoms with Crippen molar-refractivity contribution in [3.8, 4) is 23.3 Å². The van der Waals surface area contributed by atoms with Crippen LogP contribution >= 0.6 is 22.7 Å². The summed E-state index contributed by atoms with van der Waals surface area (Å²) < 4.78 is 45.8. The Morgan fingerprint density at radius 2 is 1.13 bits per heavy atom. The van der Waals surface area contributed by atoms with Gasteiger partial charge in [0.25, 0.3) is 0 Å². The molecule has 0 unspecified atom stereocenters. The molecule has 0 aliphatic heterocycles. The summed E-state index contributed by atoms with van der Waals surface area (Å²) in [6, 6.07) is 9.96. The fourth-order valence-electron chi connectivity index (χ4n) is 5.67. The van der Waals surface area contributed by atoms with Crippen molar-refractivity contribution in [2.75, 3.05) is 7.11 Å². The fourth-order valence-corrected chi connectivity index (χ4v) is 7.70. The minimum Gasteiger partial charge on any atom is -0.870 e. The molecule has 282 valence electrons. The number of esters is 1. The molecular weight excluding hydrogens is 750 g/mol. The third kappa shape index (κ3) is 8.02. The van der Waals surface area contributed by atoms with Gasteiger partial charge in [0.2, 0.25) is 11.8 Å². The molecule has 0 aliphatic carbocycles. The van der Waals surface area contributed by atoms with E-state index in [0.717, 1.165) is 22.7 Å². The first-order valence-corrected chi connectivity index (χ1v) is 16.8. The summed E-state index contributed by atoms with van der Waals surface area (Å²) in [6.07, 6.45) is 2.60. The number of hydrogen-bond donors (Lipinski definition) is 3. The molecule has 0 saturated heterocycles. The van der Waals surface area contributed by atoms with Crippen molar-refractivity contribution in [2.24, 2.45) is 0 Å². The molecule has 8 aromatic rings. The SMILES string of the molecule is C.C.COC(=O)c1sc2ncnc(Oc3ccc4[nH]c(C)cc4c3F)c2c1C.Cc1cc2c(F)c(Oc3ncnc4sc(C(=O)O)c(C)c34)ccc2[nH]1.[Li+].[OH-]. The first-order chi connectivity index (χ1) is 24.4. The van der Waals surface area contributed by atoms with Gasteiger partial charge in [-0.2, -0.15) is 0 Å². The molecule has 55 heavy (non-hydrogen) atoms. The zero-order valence-corrected chi connectivity index (χ0v) is 30.5. The molecule has 0 aliphatic rings. The van der Waals surface area contributed by atoms with Crippen LogP contribution in [0.4, 0.5) is 8.78 Å². The van der Waals surface area contributed by atoms with Crippen molar-refractivity contribution in [3.05, 3.63) is 93.0 Å². The van der Waals surface area contributed by atoms with E-state index in [2.05, 4.69) is 29.9 Å². The Morgan fingerprint density at radius 1 is 0.709 bits per heavy atom. The molecule has 6 heterocycles. The number of aromatic carboxylic acids is 1. The predicted molar refractivity (Wildman–Crippen MR) is 204 cm³/mol. The first kappa shape index (κ1) is 44.0. The zero-order chi connectivity index (χ0) is 36.1. The minimum atomic E-state index is -1.04. The molecule has 0 saturated carbocycles. The maximum absolute atomic E-state index is 14.8. The Balaban J connectivity index is 0.000000275. The number of aryl methyl sites for hydroxylation is 4. The maximum Gasteiger partial charge on any atom is 1.00 e. The number of carboxylic acids is 1. The number of H-pyrrole nitrogens is 2. The number of benzene rings is 2. The minimum absolute atomic E-state index is 0. The van der Waals surface area contributed by atoms with Gasteiger partial charge in [-0.25, -0.2) is 38.3 Å². The molecule has 0 spiro atoms. The van der Waals surface area contributed by atoms with Crippen LogP contribution in [-0.4, -0.2) is 59.5 Å². The molecule has 18 heteroatoms. The smallest absolute Gasteiger partial charge is 0.870 e. The van der Waals surface area contributed by atoms with Crippen LogP contribution in [0.3, 0.4) is 0 Å². The van der Waals surface area contributed by atoms with Crippen molar-refractivity contribution < 1.29 is 62.0 Å². The number of methoxy groups -OCH3 is 1. The number of rotatable bonds is 6. The molecule has 8 rings (SSSR count). The fraction of sp³-hybridized carbons (Fsp3) is 0.189. The summed E-state index contributed by atoms with van der Waals surface area (Å²) in [5.74, 6) is -2.05. The van der Waals surface area contributed by atoms with Gasteiger partial charge in [0.15, 0.2) is 23.1 Å². The molecule has 0 bridgehead atoms. The number of aromatic amines is 2. The topological polar surface area (TPSA) is 195 Å². The number of hydrogen-bond acceptors (Lipinski definition) is 12. The predicted octanol–water partition coefficient (Wildman–Crippen LogP) is 7.03. The Kier molecular flexibility index (Phi) is 13.9. The van der Waals surface area contributed by atoms with Crippen LogP contribution in [0.5, 0.6) is 23.3 Å². The van der Waals surface area contributed by atoms with E-state index in [9.17, 15) is 23.5 Å². The van der Waals surface area contributed by atoms with E-state index in [0.29, 0.717) is 58.2 Å². The molecule has 4 N–H and O–H groups in total. The number of carbonyl (C=O) groups is 2. The van der Waals surface area contributed by atoms with Crippen molar-refractivity contribution >= 4 is 76.9 Å². The second kappa shape index (κ2) is 17.4. The second-order valence-corrected chi connectivity index (χ2v) is 13.4.